The van der Waals surface area contributed by atoms with Crippen LogP contribution in [0, 0.1) is 18.8 Å². The minimum Gasteiger partial charge on any atom is -0.493 e. The minimum atomic E-state index is -4.53. The lowest BCUT2D eigenvalue weighted by Crippen LogP contribution is -2.49. The van der Waals surface area contributed by atoms with Crippen molar-refractivity contribution in [3.63, 3.8) is 0 Å². The molecule has 37 heteroatoms. The Morgan fingerprint density at radius 2 is 1.31 bits per heavy atom. The Bertz CT molecular complexity index is 5180. The quantitative estimate of drug-likeness (QED) is 0.00875. The molecule has 9 rings (SSSR count). The van der Waals surface area contributed by atoms with Crippen molar-refractivity contribution in [3.8, 4) is 16.9 Å². The van der Waals surface area contributed by atoms with Crippen molar-refractivity contribution >= 4 is 121 Å². The van der Waals surface area contributed by atoms with Crippen molar-refractivity contribution in [2.24, 2.45) is 25.9 Å². The van der Waals surface area contributed by atoms with Gasteiger partial charge in [0.2, 0.25) is 53.0 Å². The molecule has 6 atom stereocenters. The number of ketones is 6. The third-order valence-corrected chi connectivity index (χ3v) is 23.2. The van der Waals surface area contributed by atoms with Crippen molar-refractivity contribution in [3.05, 3.63) is 137 Å². The second-order valence-electron chi connectivity index (χ2n) is 32.0. The molecule has 3 aromatic heterocycles. The predicted octanol–water partition coefficient (Wildman–Crippen LogP) is 4.93. The van der Waals surface area contributed by atoms with Crippen molar-refractivity contribution in [2.45, 2.75) is 167 Å². The summed E-state index contributed by atoms with van der Waals surface area (Å²) in [5, 5.41) is 14.9. The highest BCUT2D eigenvalue weighted by Gasteiger charge is 2.46. The molecule has 3 aliphatic heterocycles. The number of hydrogen-bond acceptors (Lipinski definition) is 24. The third-order valence-electron chi connectivity index (χ3n) is 22.0. The van der Waals surface area contributed by atoms with Gasteiger partial charge in [-0.1, -0.05) is 49.4 Å². The molecule has 0 aliphatic carbocycles. The van der Waals surface area contributed by atoms with Crippen molar-refractivity contribution < 1.29 is 113 Å². The van der Waals surface area contributed by atoms with E-state index in [-0.39, 0.29) is 239 Å². The van der Waals surface area contributed by atoms with Gasteiger partial charge in [-0.05, 0) is 117 Å². The highest BCUT2D eigenvalue weighted by molar-refractivity contribution is 7.86. The number of anilines is 1. The Morgan fingerprint density at radius 1 is 0.627 bits per heavy atom. The van der Waals surface area contributed by atoms with E-state index >= 15 is 0 Å². The van der Waals surface area contributed by atoms with Crippen molar-refractivity contribution in [1.82, 2.24) is 55.1 Å². The second kappa shape index (κ2) is 46.9. The van der Waals surface area contributed by atoms with E-state index in [1.54, 1.807) is 93.3 Å². The highest BCUT2D eigenvalue weighted by Crippen LogP contribution is 2.37. The van der Waals surface area contributed by atoms with Gasteiger partial charge in [0.25, 0.3) is 21.9 Å². The molecule has 0 radical (unpaired) electrons. The predicted molar refractivity (Wildman–Crippen MR) is 458 cm³/mol. The summed E-state index contributed by atoms with van der Waals surface area (Å²) in [5.74, 6) is -7.76. The smallest absolute Gasteiger partial charge is 0.278 e. The number of carbonyl (C=O) groups excluding carboxylic acids is 16. The van der Waals surface area contributed by atoms with Crippen LogP contribution in [0.5, 0.6) is 5.75 Å². The lowest BCUT2D eigenvalue weighted by atomic mass is 9.94. The highest BCUT2D eigenvalue weighted by atomic mass is 32.2. The van der Waals surface area contributed by atoms with Crippen molar-refractivity contribution in [2.75, 3.05) is 98.0 Å². The zero-order chi connectivity index (χ0) is 91.5. The number of fused-ring (bicyclic) bond motifs is 3. The molecule has 36 nitrogen and oxygen atoms in total. The van der Waals surface area contributed by atoms with E-state index in [4.69, 9.17) is 23.7 Å². The van der Waals surface area contributed by atoms with Crippen LogP contribution in [0.1, 0.15) is 171 Å². The number of ether oxygens (including phenoxy) is 5. The number of nitrogens with one attached hydrogen (secondary N) is 6. The molecule has 0 saturated carbocycles. The molecule has 0 spiro atoms. The first-order valence-electron chi connectivity index (χ1n) is 42.1. The van der Waals surface area contributed by atoms with E-state index in [9.17, 15) is 89.7 Å². The van der Waals surface area contributed by atoms with Crippen LogP contribution in [0.3, 0.4) is 0 Å². The fourth-order valence-corrected chi connectivity index (χ4v) is 15.9. The summed E-state index contributed by atoms with van der Waals surface area (Å²) >= 11 is 0. The van der Waals surface area contributed by atoms with Gasteiger partial charge >= 0.3 is 0 Å². The maximum absolute atomic E-state index is 14.2. The maximum Gasteiger partial charge on any atom is 0.278 e. The number of likely N-dealkylation sites (tertiary alicyclic amines) is 1. The van der Waals surface area contributed by atoms with E-state index in [0.29, 0.717) is 75.4 Å². The Hall–Kier alpha value is -11.9. The maximum atomic E-state index is 14.2. The number of rotatable bonds is 53. The largest absolute Gasteiger partial charge is 0.493 e. The minimum absolute atomic E-state index is 0.0109. The van der Waals surface area contributed by atoms with Crippen LogP contribution in [0.2, 0.25) is 0 Å². The molecular weight excluding hydrogens is 1650 g/mol. The summed E-state index contributed by atoms with van der Waals surface area (Å²) in [5.41, 5.74) is 5.79. The number of imidazole rings is 1. The van der Waals surface area contributed by atoms with Gasteiger partial charge in [0.15, 0.2) is 29.0 Å². The van der Waals surface area contributed by atoms with Gasteiger partial charge in [-0.25, -0.2) is 4.98 Å². The Morgan fingerprint density at radius 3 is 2.02 bits per heavy atom. The summed E-state index contributed by atoms with van der Waals surface area (Å²) < 4.78 is 67.3. The van der Waals surface area contributed by atoms with E-state index in [0.717, 1.165) is 16.0 Å². The first-order chi connectivity index (χ1) is 60.0. The van der Waals surface area contributed by atoms with Gasteiger partial charge in [0.1, 0.15) is 34.3 Å². The molecule has 6 heterocycles. The lowest BCUT2D eigenvalue weighted by molar-refractivity contribution is -0.140. The van der Waals surface area contributed by atoms with E-state index in [1.165, 1.54) is 41.2 Å². The molecule has 0 bridgehead atoms. The van der Waals surface area contributed by atoms with E-state index < -0.39 is 92.9 Å². The van der Waals surface area contributed by atoms with Crippen LogP contribution in [0.15, 0.2) is 97.5 Å². The standard InChI is InChI=1S/C89H112N12O24S/c1-54-39-72-77(126(118,119)120)48-64-47-76(55(2)40-70(64)88(116)101(72)51-54)125-32-10-12-81(110)95-78-53-98(7)84(96-78)75(107)43-59-13-16-61(17-14-59)65-46-73(97(6)52-65)89(117)99-29-25-62-42-60(15-21-71(62)99)44-74(106)57(4)94-85(113)58(5)93-82(111)22-18-63(45-67(103)27-33-123-38-37-122-31-9-11-66(102)26-30-100-83(112)41-56(3)87(100)115)86(114)92-50-69(105)20-24-80(109)91-49-68(104)19-23-79(108)90-28-34-124-36-35-121-8/h13-17,21,25,29,40,42,46-47,52-53,56-58,63,72,77H,1,9-12,18-20,22-24,26-28,30-39,41,43-45,48-51H2,2-8H3,(H,90,108)(H,91,109)(H,92,114)(H,93,111)(H,94,113)(H,95,110)(H,118,119,120)/t56?,57-,58-,63+,72-,77?/m0/s1. The molecule has 126 heavy (non-hydrogen) atoms. The van der Waals surface area contributed by atoms with Gasteiger partial charge in [-0.15, -0.1) is 0 Å². The summed E-state index contributed by atoms with van der Waals surface area (Å²) in [6.07, 6.45) is 4.14. The number of methoxy groups -OCH3 is 1. The van der Waals surface area contributed by atoms with Crippen LogP contribution in [0.4, 0.5) is 5.82 Å². The molecule has 6 aromatic rings. The number of aromatic nitrogens is 4. The molecule has 2 fully saturated rings. The summed E-state index contributed by atoms with van der Waals surface area (Å²) in [6, 6.07) is 16.3. The fraction of sp³-hybridized carbons (Fsp3) is 0.494. The molecular formula is C89H112N12O24S. The first-order valence-corrected chi connectivity index (χ1v) is 43.6. The zero-order valence-electron chi connectivity index (χ0n) is 72.1. The first kappa shape index (κ1) is 97.9. The average Bonchev–Trinajstić information content (AvgIpc) is 1.63. The Kier molecular flexibility index (Phi) is 36.4. The number of hydrogen-bond donors (Lipinski definition) is 7. The molecule has 7 N–H and O–H groups in total. The number of amides is 9. The topological polar surface area (TPSA) is 480 Å². The summed E-state index contributed by atoms with van der Waals surface area (Å²) in [4.78, 5) is 216. The van der Waals surface area contributed by atoms with Crippen LogP contribution in [0.25, 0.3) is 22.0 Å². The SMILES string of the molecule is C=C1C[C@H]2C(S(=O)(=O)O)Cc3cc(OCCCC(=O)Nc4cn(C)c(C(=O)Cc5ccc(-c6cc(C(=O)n7ccc8cc(CC(=O)[C@H](C)NC(=O)[C@H](C)NC(=O)CC[C@H](CC(=O)CCOCCOCCCC(=O)CCN9C(=O)CC(C)C9=O)C(=O)NCC(=O)CCC(=O)NCC(=O)CCC(=O)NCCOCCOC)ccc87)n(C)c6)cc5)n4)c(C)cc3C(=O)N2C1. The van der Waals surface area contributed by atoms with Crippen LogP contribution >= 0.6 is 0 Å². The number of imide groups is 1. The molecule has 9 amide bonds. The average molecular weight is 1770 g/mol. The van der Waals surface area contributed by atoms with Gasteiger partial charge in [0, 0.05) is 178 Å². The molecule has 2 saturated heterocycles. The number of benzene rings is 3. The number of nitrogens with zero attached hydrogens (tertiary/aromatic N) is 6. The van der Waals surface area contributed by atoms with Gasteiger partial charge in [0.05, 0.1) is 76.9 Å². The van der Waals surface area contributed by atoms with Gasteiger partial charge < -0.3 is 69.6 Å². The normalized spacial score (nSPS) is 15.7. The third kappa shape index (κ3) is 28.8. The molecule has 3 aromatic carbocycles. The zero-order valence-corrected chi connectivity index (χ0v) is 72.9. The van der Waals surface area contributed by atoms with Crippen LogP contribution in [-0.4, -0.2) is 251 Å². The number of Topliss-reactive ketones (excluding diaryl/α,β-unsaturated/α-hetero) is 6. The molecule has 3 aliphatic rings. The fourth-order valence-electron chi connectivity index (χ4n) is 14.8. The van der Waals surface area contributed by atoms with E-state index in [1.807, 2.05) is 18.3 Å². The monoisotopic (exact) mass is 1760 g/mol. The number of carbonyl (C=O) groups is 16. The second-order valence-corrected chi connectivity index (χ2v) is 33.6. The Labute approximate surface area is 729 Å². The molecule has 678 valence electrons. The van der Waals surface area contributed by atoms with E-state index in [2.05, 4.69) is 43.5 Å². The molecule has 2 unspecified atom stereocenters. The lowest BCUT2D eigenvalue weighted by Gasteiger charge is -2.26. The van der Waals surface area contributed by atoms with Crippen molar-refractivity contribution in [1.29, 1.82) is 0 Å². The number of aryl methyl sites for hydroxylation is 3. The summed E-state index contributed by atoms with van der Waals surface area (Å²) in [6.45, 7) is 11.4. The van der Waals surface area contributed by atoms with Crippen LogP contribution < -0.4 is 36.6 Å². The summed E-state index contributed by atoms with van der Waals surface area (Å²) in [7, 11) is 0.388. The van der Waals surface area contributed by atoms with Gasteiger partial charge in [-0.2, -0.15) is 8.42 Å². The van der Waals surface area contributed by atoms with Gasteiger partial charge in [-0.3, -0.25) is 90.7 Å². The Balaban J connectivity index is 0.692. The van der Waals surface area contributed by atoms with Crippen LogP contribution in [-0.2, 0) is 125 Å².